The highest BCUT2D eigenvalue weighted by molar-refractivity contribution is 7.15. The molecule has 5 nitrogen and oxygen atoms in total. The largest absolute Gasteiger partial charge is 0.375 e. The molecular formula is C15H12F2N4OS. The molecule has 1 aliphatic heterocycles. The van der Waals surface area contributed by atoms with E-state index < -0.39 is 11.6 Å². The molecule has 0 saturated carbocycles. The molecule has 1 aromatic carbocycles. The number of benzene rings is 1. The second-order valence-electron chi connectivity index (χ2n) is 5.43. The third kappa shape index (κ3) is 2.35. The highest BCUT2D eigenvalue weighted by Gasteiger charge is 2.25. The number of hydrogen-bond donors (Lipinski definition) is 2. The van der Waals surface area contributed by atoms with E-state index in [1.54, 1.807) is 4.90 Å². The molecule has 0 saturated heterocycles. The Morgan fingerprint density at radius 3 is 3.00 bits per heavy atom. The molecule has 0 radical (unpaired) electrons. The number of nitrogens with zero attached hydrogens (tertiary/aromatic N) is 2. The maximum Gasteiger partial charge on any atom is 0.270 e. The summed E-state index contributed by atoms with van der Waals surface area (Å²) in [6, 6.07) is 3.46. The first kappa shape index (κ1) is 14.1. The van der Waals surface area contributed by atoms with Gasteiger partial charge in [-0.2, -0.15) is 0 Å². The zero-order chi connectivity index (χ0) is 16.1. The number of aromatic nitrogens is 2. The first-order valence-electron chi connectivity index (χ1n) is 7.02. The van der Waals surface area contributed by atoms with Gasteiger partial charge in [0.25, 0.3) is 5.91 Å². The SMILES string of the molecule is Nc1nc2c(s1)CN(C(=O)c1cc3cc(F)cc(F)c3[nH]1)CC2. The van der Waals surface area contributed by atoms with Gasteiger partial charge in [-0.15, -0.1) is 11.3 Å². The molecule has 3 heterocycles. The van der Waals surface area contributed by atoms with E-state index in [1.807, 2.05) is 0 Å². The smallest absolute Gasteiger partial charge is 0.270 e. The lowest BCUT2D eigenvalue weighted by atomic mass is 10.1. The lowest BCUT2D eigenvalue weighted by Crippen LogP contribution is -2.35. The number of carbonyl (C=O) groups excluding carboxylic acids is 1. The van der Waals surface area contributed by atoms with E-state index in [-0.39, 0.29) is 17.1 Å². The predicted octanol–water partition coefficient (Wildman–Crippen LogP) is 2.68. The first-order valence-corrected chi connectivity index (χ1v) is 7.84. The van der Waals surface area contributed by atoms with Crippen molar-refractivity contribution in [3.05, 3.63) is 46.1 Å². The van der Waals surface area contributed by atoms with Crippen molar-refractivity contribution in [3.8, 4) is 0 Å². The van der Waals surface area contributed by atoms with Gasteiger partial charge in [-0.25, -0.2) is 13.8 Å². The average Bonchev–Trinajstić information content (AvgIpc) is 3.07. The van der Waals surface area contributed by atoms with Gasteiger partial charge in [0.05, 0.1) is 17.8 Å². The number of carbonyl (C=O) groups is 1. The average molecular weight is 334 g/mol. The van der Waals surface area contributed by atoms with Crippen LogP contribution in [0, 0.1) is 11.6 Å². The second kappa shape index (κ2) is 5.02. The van der Waals surface area contributed by atoms with Crippen LogP contribution in [0.25, 0.3) is 10.9 Å². The van der Waals surface area contributed by atoms with Crippen LogP contribution < -0.4 is 5.73 Å². The fourth-order valence-corrected chi connectivity index (χ4v) is 3.73. The maximum absolute atomic E-state index is 13.7. The molecule has 118 valence electrons. The summed E-state index contributed by atoms with van der Waals surface area (Å²) < 4.78 is 27.0. The van der Waals surface area contributed by atoms with Crippen LogP contribution in [0.5, 0.6) is 0 Å². The van der Waals surface area contributed by atoms with Crippen molar-refractivity contribution < 1.29 is 13.6 Å². The number of nitrogens with two attached hydrogens (primary N) is 1. The Hall–Kier alpha value is -2.48. The summed E-state index contributed by atoms with van der Waals surface area (Å²) in [4.78, 5) is 22.2. The van der Waals surface area contributed by atoms with Gasteiger partial charge in [-0.1, -0.05) is 0 Å². The normalized spacial score (nSPS) is 14.3. The first-order chi connectivity index (χ1) is 11.0. The van der Waals surface area contributed by atoms with Gasteiger partial charge in [0.1, 0.15) is 17.3 Å². The zero-order valence-corrected chi connectivity index (χ0v) is 12.7. The molecule has 0 unspecified atom stereocenters. The van der Waals surface area contributed by atoms with E-state index in [1.165, 1.54) is 23.5 Å². The molecule has 0 aliphatic carbocycles. The monoisotopic (exact) mass is 334 g/mol. The number of amides is 1. The lowest BCUT2D eigenvalue weighted by molar-refractivity contribution is 0.0731. The predicted molar refractivity (Wildman–Crippen MR) is 83.2 cm³/mol. The molecule has 2 aromatic heterocycles. The Morgan fingerprint density at radius 1 is 1.35 bits per heavy atom. The van der Waals surface area contributed by atoms with Crippen LogP contribution >= 0.6 is 11.3 Å². The standard InChI is InChI=1S/C15H12F2N4OS/c16-8-3-7-4-11(19-13(7)9(17)5-8)14(22)21-2-1-10-12(6-21)23-15(18)20-10/h3-5,19H,1-2,6H2,(H2,18,20). The molecule has 3 aromatic rings. The van der Waals surface area contributed by atoms with Crippen molar-refractivity contribution in [1.29, 1.82) is 0 Å². The third-order valence-electron chi connectivity index (χ3n) is 3.91. The van der Waals surface area contributed by atoms with Crippen molar-refractivity contribution in [1.82, 2.24) is 14.9 Å². The minimum Gasteiger partial charge on any atom is -0.375 e. The third-order valence-corrected chi connectivity index (χ3v) is 4.82. The topological polar surface area (TPSA) is 75.0 Å². The van der Waals surface area contributed by atoms with E-state index in [9.17, 15) is 13.6 Å². The van der Waals surface area contributed by atoms with Gasteiger partial charge in [0, 0.05) is 29.3 Å². The Kier molecular flexibility index (Phi) is 3.08. The number of anilines is 1. The molecular weight excluding hydrogens is 322 g/mol. The Balaban J connectivity index is 1.66. The van der Waals surface area contributed by atoms with Crippen LogP contribution in [0.3, 0.4) is 0 Å². The number of H-pyrrole nitrogens is 1. The van der Waals surface area contributed by atoms with E-state index in [4.69, 9.17) is 5.73 Å². The molecule has 4 rings (SSSR count). The molecule has 1 amide bonds. The van der Waals surface area contributed by atoms with Crippen LogP contribution in [0.2, 0.25) is 0 Å². The zero-order valence-electron chi connectivity index (χ0n) is 11.9. The minimum absolute atomic E-state index is 0.134. The van der Waals surface area contributed by atoms with Crippen LogP contribution in [0.1, 0.15) is 21.1 Å². The number of nitrogens with one attached hydrogen (secondary N) is 1. The van der Waals surface area contributed by atoms with Crippen molar-refractivity contribution in [2.45, 2.75) is 13.0 Å². The Bertz CT molecular complexity index is 933. The summed E-state index contributed by atoms with van der Waals surface area (Å²) in [5, 5.41) is 0.832. The van der Waals surface area contributed by atoms with Crippen molar-refractivity contribution in [3.63, 3.8) is 0 Å². The number of nitrogen functional groups attached to an aromatic ring is 1. The molecule has 0 atom stereocenters. The van der Waals surface area contributed by atoms with Crippen molar-refractivity contribution in [2.75, 3.05) is 12.3 Å². The van der Waals surface area contributed by atoms with Gasteiger partial charge in [0.2, 0.25) is 0 Å². The number of hydrogen-bond acceptors (Lipinski definition) is 4. The summed E-state index contributed by atoms with van der Waals surface area (Å²) in [7, 11) is 0. The molecule has 0 bridgehead atoms. The lowest BCUT2D eigenvalue weighted by Gasteiger charge is -2.25. The molecule has 0 fully saturated rings. The van der Waals surface area contributed by atoms with E-state index in [0.717, 1.165) is 16.6 Å². The van der Waals surface area contributed by atoms with Gasteiger partial charge < -0.3 is 15.6 Å². The maximum atomic E-state index is 13.7. The summed E-state index contributed by atoms with van der Waals surface area (Å²) >= 11 is 1.37. The van der Waals surface area contributed by atoms with Crippen LogP contribution in [-0.4, -0.2) is 27.3 Å². The number of fused-ring (bicyclic) bond motifs is 2. The fraction of sp³-hybridized carbons (Fsp3) is 0.200. The van der Waals surface area contributed by atoms with E-state index in [0.29, 0.717) is 30.0 Å². The van der Waals surface area contributed by atoms with Crippen LogP contribution in [-0.2, 0) is 13.0 Å². The molecule has 23 heavy (non-hydrogen) atoms. The summed E-state index contributed by atoms with van der Waals surface area (Å²) in [5.74, 6) is -1.63. The van der Waals surface area contributed by atoms with Crippen molar-refractivity contribution in [2.24, 2.45) is 0 Å². The Morgan fingerprint density at radius 2 is 2.17 bits per heavy atom. The summed E-state index contributed by atoms with van der Waals surface area (Å²) in [5.41, 5.74) is 7.00. The van der Waals surface area contributed by atoms with Gasteiger partial charge >= 0.3 is 0 Å². The highest BCUT2D eigenvalue weighted by Crippen LogP contribution is 2.28. The molecule has 0 spiro atoms. The number of thiazole rings is 1. The van der Waals surface area contributed by atoms with Gasteiger partial charge in [-0.3, -0.25) is 4.79 Å². The molecule has 3 N–H and O–H groups in total. The summed E-state index contributed by atoms with van der Waals surface area (Å²) in [6.07, 6.45) is 0.637. The number of halogens is 2. The summed E-state index contributed by atoms with van der Waals surface area (Å²) in [6.45, 7) is 0.941. The van der Waals surface area contributed by atoms with Gasteiger partial charge in [0.15, 0.2) is 5.13 Å². The quantitative estimate of drug-likeness (QED) is 0.718. The minimum atomic E-state index is -0.713. The Labute approximate surface area is 133 Å². The van der Waals surface area contributed by atoms with E-state index >= 15 is 0 Å². The fourth-order valence-electron chi connectivity index (χ4n) is 2.84. The molecule has 1 aliphatic rings. The highest BCUT2D eigenvalue weighted by atomic mass is 32.1. The van der Waals surface area contributed by atoms with Crippen LogP contribution in [0.15, 0.2) is 18.2 Å². The van der Waals surface area contributed by atoms with Crippen LogP contribution in [0.4, 0.5) is 13.9 Å². The number of aromatic amines is 1. The number of rotatable bonds is 1. The second-order valence-corrected chi connectivity index (χ2v) is 6.55. The molecule has 8 heteroatoms. The van der Waals surface area contributed by atoms with Gasteiger partial charge in [-0.05, 0) is 12.1 Å². The van der Waals surface area contributed by atoms with Crippen molar-refractivity contribution >= 4 is 33.3 Å². The van der Waals surface area contributed by atoms with E-state index in [2.05, 4.69) is 9.97 Å².